The van der Waals surface area contributed by atoms with Crippen molar-refractivity contribution in [3.8, 4) is 0 Å². The third-order valence-electron chi connectivity index (χ3n) is 8.95. The monoisotopic (exact) mass is 559 g/mol. The summed E-state index contributed by atoms with van der Waals surface area (Å²) in [4.78, 5) is 32.7. The number of benzene rings is 2. The van der Waals surface area contributed by atoms with Gasteiger partial charge in [0.25, 0.3) is 5.91 Å². The van der Waals surface area contributed by atoms with Gasteiger partial charge in [-0.25, -0.2) is 0 Å². The molecule has 1 saturated carbocycles. The van der Waals surface area contributed by atoms with E-state index in [-0.39, 0.29) is 23.8 Å². The number of carbonyl (C=O) groups is 2. The fourth-order valence-corrected chi connectivity index (χ4v) is 8.19. The van der Waals surface area contributed by atoms with Gasteiger partial charge in [0, 0.05) is 42.9 Å². The van der Waals surface area contributed by atoms with Crippen molar-refractivity contribution in [2.45, 2.75) is 89.1 Å². The molecule has 3 fully saturated rings. The lowest BCUT2D eigenvalue weighted by Gasteiger charge is -2.46. The number of hydrogen-bond acceptors (Lipinski definition) is 4. The Morgan fingerprint density at radius 2 is 1.93 bits per heavy atom. The van der Waals surface area contributed by atoms with E-state index < -0.39 is 0 Å². The van der Waals surface area contributed by atoms with Crippen molar-refractivity contribution >= 4 is 29.7 Å². The van der Waals surface area contributed by atoms with Crippen LogP contribution in [0.2, 0.25) is 0 Å². The van der Waals surface area contributed by atoms with Gasteiger partial charge in [-0.2, -0.15) is 0 Å². The molecule has 4 atom stereocenters. The zero-order chi connectivity index (χ0) is 27.9. The molecule has 2 amide bonds. The maximum absolute atomic E-state index is 13.9. The summed E-state index contributed by atoms with van der Waals surface area (Å²) in [7, 11) is 0. The molecule has 2 aliphatic heterocycles. The normalized spacial score (nSPS) is 26.5. The predicted octanol–water partition coefficient (Wildman–Crippen LogP) is 6.42. The third kappa shape index (κ3) is 7.19. The van der Waals surface area contributed by atoms with Crippen LogP contribution in [0.5, 0.6) is 0 Å². The first-order valence-electron chi connectivity index (χ1n) is 15.3. The van der Waals surface area contributed by atoms with E-state index in [1.54, 1.807) is 11.8 Å². The van der Waals surface area contributed by atoms with Crippen molar-refractivity contribution in [3.05, 3.63) is 76.2 Å². The molecule has 214 valence electrons. The molecule has 2 aromatic rings. The van der Waals surface area contributed by atoms with E-state index in [1.165, 1.54) is 37.8 Å². The van der Waals surface area contributed by atoms with E-state index in [2.05, 4.69) is 53.2 Å². The van der Waals surface area contributed by atoms with Gasteiger partial charge in [-0.05, 0) is 75.6 Å². The summed E-state index contributed by atoms with van der Waals surface area (Å²) in [6, 6.07) is 19.3. The standard InChI is InChI=1S/C34H45N3O2S/c1-3-29-15-7-8-19-36(29)20-10-18-35-33(38)28-16-17-31-30(23-28)37(24-27-14-9-11-25(2)21-27)34(39)32(40-31)22-26-12-5-4-6-13-26/h4-6,9,11-14,21-22,28-31H,3,7-8,10,15-20,23-24H2,1-2H3,(H,35,38)/b32-22+. The average Bonchev–Trinajstić information content (AvgIpc) is 2.98. The van der Waals surface area contributed by atoms with Gasteiger partial charge in [-0.3, -0.25) is 9.59 Å². The molecule has 0 aromatic heterocycles. The van der Waals surface area contributed by atoms with Crippen LogP contribution in [0.1, 0.15) is 75.0 Å². The average molecular weight is 560 g/mol. The Morgan fingerprint density at radius 3 is 2.73 bits per heavy atom. The van der Waals surface area contributed by atoms with Crippen molar-refractivity contribution in [2.24, 2.45) is 5.92 Å². The first kappa shape index (κ1) is 28.9. The highest BCUT2D eigenvalue weighted by molar-refractivity contribution is 8.04. The smallest absolute Gasteiger partial charge is 0.260 e. The van der Waals surface area contributed by atoms with Crippen molar-refractivity contribution < 1.29 is 9.59 Å². The minimum atomic E-state index is -0.0345. The summed E-state index contributed by atoms with van der Waals surface area (Å²) in [5.74, 6) is 0.222. The van der Waals surface area contributed by atoms with E-state index in [0.717, 1.165) is 54.8 Å². The van der Waals surface area contributed by atoms with Crippen LogP contribution in [0.4, 0.5) is 0 Å². The number of thioether (sulfide) groups is 1. The van der Waals surface area contributed by atoms with Crippen LogP contribution in [-0.2, 0) is 16.1 Å². The highest BCUT2D eigenvalue weighted by atomic mass is 32.2. The van der Waals surface area contributed by atoms with Crippen LogP contribution in [0, 0.1) is 12.8 Å². The highest BCUT2D eigenvalue weighted by Crippen LogP contribution is 2.44. The minimum absolute atomic E-state index is 0.0345. The lowest BCUT2D eigenvalue weighted by atomic mass is 9.83. The number of nitrogens with zero attached hydrogens (tertiary/aromatic N) is 2. The molecule has 0 radical (unpaired) electrons. The molecule has 6 heteroatoms. The van der Waals surface area contributed by atoms with Gasteiger partial charge in [0.2, 0.25) is 5.91 Å². The van der Waals surface area contributed by atoms with E-state index in [1.807, 2.05) is 36.4 Å². The first-order chi connectivity index (χ1) is 19.5. The second kappa shape index (κ2) is 13.9. The molecule has 2 aromatic carbocycles. The molecule has 3 aliphatic rings. The molecule has 2 heterocycles. The lowest BCUT2D eigenvalue weighted by molar-refractivity contribution is -0.133. The summed E-state index contributed by atoms with van der Waals surface area (Å²) < 4.78 is 0. The molecule has 5 nitrogen and oxygen atoms in total. The Balaban J connectivity index is 1.24. The van der Waals surface area contributed by atoms with Crippen LogP contribution in [0.3, 0.4) is 0 Å². The Kier molecular flexibility index (Phi) is 10.0. The Bertz CT molecular complexity index is 1180. The molecule has 1 aliphatic carbocycles. The van der Waals surface area contributed by atoms with Crippen molar-refractivity contribution in [2.75, 3.05) is 19.6 Å². The SMILES string of the molecule is CCC1CCCCN1CCCNC(=O)C1CCC2S/C(=C/c3ccccc3)C(=O)N(Cc3cccc(C)c3)C2C1. The number of likely N-dealkylation sites (tertiary alicyclic amines) is 1. The highest BCUT2D eigenvalue weighted by Gasteiger charge is 2.44. The van der Waals surface area contributed by atoms with Gasteiger partial charge in [-0.15, -0.1) is 11.8 Å². The zero-order valence-electron chi connectivity index (χ0n) is 24.2. The van der Waals surface area contributed by atoms with Gasteiger partial charge >= 0.3 is 0 Å². The number of amides is 2. The van der Waals surface area contributed by atoms with Gasteiger partial charge in [0.1, 0.15) is 0 Å². The number of piperidine rings is 1. The minimum Gasteiger partial charge on any atom is -0.356 e. The largest absolute Gasteiger partial charge is 0.356 e. The Labute approximate surface area is 244 Å². The number of aryl methyl sites for hydroxylation is 1. The predicted molar refractivity (Wildman–Crippen MR) is 166 cm³/mol. The zero-order valence-corrected chi connectivity index (χ0v) is 25.0. The summed E-state index contributed by atoms with van der Waals surface area (Å²) in [6.45, 7) is 7.97. The quantitative estimate of drug-likeness (QED) is 0.285. The van der Waals surface area contributed by atoms with Gasteiger partial charge in [0.05, 0.1) is 4.91 Å². The van der Waals surface area contributed by atoms with E-state index in [4.69, 9.17) is 0 Å². The van der Waals surface area contributed by atoms with Crippen molar-refractivity contribution in [1.82, 2.24) is 15.1 Å². The third-order valence-corrected chi connectivity index (χ3v) is 10.3. The molecule has 0 bridgehead atoms. The number of fused-ring (bicyclic) bond motifs is 1. The lowest BCUT2D eigenvalue weighted by Crippen LogP contribution is -2.53. The molecule has 2 saturated heterocycles. The summed E-state index contributed by atoms with van der Waals surface area (Å²) in [5, 5.41) is 3.57. The summed E-state index contributed by atoms with van der Waals surface area (Å²) in [5.41, 5.74) is 3.39. The second-order valence-corrected chi connectivity index (χ2v) is 13.1. The van der Waals surface area contributed by atoms with Crippen LogP contribution >= 0.6 is 11.8 Å². The van der Waals surface area contributed by atoms with Gasteiger partial charge in [0.15, 0.2) is 0 Å². The van der Waals surface area contributed by atoms with E-state index in [0.29, 0.717) is 17.8 Å². The number of hydrogen-bond donors (Lipinski definition) is 1. The maximum Gasteiger partial charge on any atom is 0.260 e. The van der Waals surface area contributed by atoms with Gasteiger partial charge < -0.3 is 15.1 Å². The summed E-state index contributed by atoms with van der Waals surface area (Å²) >= 11 is 1.72. The fourth-order valence-electron chi connectivity index (χ4n) is 6.78. The second-order valence-electron chi connectivity index (χ2n) is 11.8. The maximum atomic E-state index is 13.9. The summed E-state index contributed by atoms with van der Waals surface area (Å²) in [6.07, 6.45) is 10.8. The van der Waals surface area contributed by atoms with Crippen LogP contribution < -0.4 is 5.32 Å². The van der Waals surface area contributed by atoms with Crippen molar-refractivity contribution in [1.29, 1.82) is 0 Å². The molecule has 40 heavy (non-hydrogen) atoms. The van der Waals surface area contributed by atoms with Crippen LogP contribution in [0.25, 0.3) is 6.08 Å². The Hall–Kier alpha value is -2.57. The molecule has 4 unspecified atom stereocenters. The molecule has 0 spiro atoms. The molecule has 1 N–H and O–H groups in total. The topological polar surface area (TPSA) is 52.7 Å². The number of carbonyl (C=O) groups excluding carboxylic acids is 2. The van der Waals surface area contributed by atoms with Gasteiger partial charge in [-0.1, -0.05) is 73.5 Å². The first-order valence-corrected chi connectivity index (χ1v) is 16.2. The number of nitrogens with one attached hydrogen (secondary N) is 1. The molecular formula is C34H45N3O2S. The molecular weight excluding hydrogens is 514 g/mol. The Morgan fingerprint density at radius 1 is 1.07 bits per heavy atom. The molecule has 5 rings (SSSR count). The number of rotatable bonds is 9. The fraction of sp³-hybridized carbons (Fsp3) is 0.529. The van der Waals surface area contributed by atoms with Crippen LogP contribution in [0.15, 0.2) is 59.5 Å². The van der Waals surface area contributed by atoms with E-state index >= 15 is 0 Å². The van der Waals surface area contributed by atoms with E-state index in [9.17, 15) is 9.59 Å². The van der Waals surface area contributed by atoms with Crippen molar-refractivity contribution in [3.63, 3.8) is 0 Å². The van der Waals surface area contributed by atoms with Crippen LogP contribution in [-0.4, -0.2) is 58.6 Å².